The number of likely N-dealkylation sites (tertiary alicyclic amines) is 1. The maximum absolute atomic E-state index is 12.5. The van der Waals surface area contributed by atoms with Crippen molar-refractivity contribution in [1.29, 1.82) is 0 Å². The molecule has 1 aliphatic rings. The summed E-state index contributed by atoms with van der Waals surface area (Å²) in [5.41, 5.74) is 7.21. The highest BCUT2D eigenvalue weighted by Crippen LogP contribution is 2.34. The van der Waals surface area contributed by atoms with Crippen LogP contribution >= 0.6 is 0 Å². The fraction of sp³-hybridized carbons (Fsp3) is 0.600. The molecule has 2 N–H and O–H groups in total. The first-order valence-electron chi connectivity index (χ1n) is 9.18. The fourth-order valence-electron chi connectivity index (χ4n) is 3.26. The van der Waals surface area contributed by atoms with Gasteiger partial charge in [0.2, 0.25) is 0 Å². The van der Waals surface area contributed by atoms with Crippen molar-refractivity contribution in [2.24, 2.45) is 11.7 Å². The number of amides is 1. The van der Waals surface area contributed by atoms with Crippen LogP contribution in [-0.4, -0.2) is 42.3 Å². The second kappa shape index (κ2) is 8.54. The molecular weight excluding hydrogens is 332 g/mol. The maximum atomic E-state index is 12.5. The third-order valence-corrected chi connectivity index (χ3v) is 4.47. The van der Waals surface area contributed by atoms with Gasteiger partial charge in [-0.1, -0.05) is 24.3 Å². The minimum Gasteiger partial charge on any atom is -0.466 e. The van der Waals surface area contributed by atoms with Gasteiger partial charge in [-0.25, -0.2) is 4.79 Å². The first-order valence-corrected chi connectivity index (χ1v) is 9.18. The van der Waals surface area contributed by atoms with Gasteiger partial charge in [-0.15, -0.1) is 0 Å². The molecule has 6 heteroatoms. The van der Waals surface area contributed by atoms with Gasteiger partial charge in [-0.2, -0.15) is 0 Å². The number of esters is 1. The number of hydrogen-bond acceptors (Lipinski definition) is 5. The van der Waals surface area contributed by atoms with Gasteiger partial charge in [0, 0.05) is 25.6 Å². The van der Waals surface area contributed by atoms with Crippen molar-refractivity contribution < 1.29 is 19.1 Å². The Balaban J connectivity index is 2.25. The van der Waals surface area contributed by atoms with Crippen LogP contribution in [0.5, 0.6) is 0 Å². The lowest BCUT2D eigenvalue weighted by Crippen LogP contribution is -2.47. The normalized spacial score (nSPS) is 20.6. The van der Waals surface area contributed by atoms with Crippen molar-refractivity contribution in [3.63, 3.8) is 0 Å². The molecule has 0 unspecified atom stereocenters. The molecule has 1 aromatic rings. The summed E-state index contributed by atoms with van der Waals surface area (Å²) in [7, 11) is 0. The van der Waals surface area contributed by atoms with Crippen molar-refractivity contribution in [3.05, 3.63) is 35.4 Å². The number of carbonyl (C=O) groups excluding carboxylic acids is 2. The lowest BCUT2D eigenvalue weighted by atomic mass is 9.80. The number of hydrogen-bond donors (Lipinski definition) is 1. The Bertz CT molecular complexity index is 639. The highest BCUT2D eigenvalue weighted by atomic mass is 16.6. The van der Waals surface area contributed by atoms with Crippen molar-refractivity contribution in [1.82, 2.24) is 4.90 Å². The zero-order valence-electron chi connectivity index (χ0n) is 16.2. The van der Waals surface area contributed by atoms with E-state index in [1.807, 2.05) is 45.0 Å². The molecule has 0 aliphatic carbocycles. The van der Waals surface area contributed by atoms with Crippen molar-refractivity contribution in [2.75, 3.05) is 19.7 Å². The summed E-state index contributed by atoms with van der Waals surface area (Å²) in [5.74, 6) is -0.622. The van der Waals surface area contributed by atoms with Crippen LogP contribution in [0, 0.1) is 5.92 Å². The Labute approximate surface area is 155 Å². The number of ether oxygens (including phenoxy) is 2. The summed E-state index contributed by atoms with van der Waals surface area (Å²) in [5, 5.41) is 0. The van der Waals surface area contributed by atoms with Gasteiger partial charge in [0.15, 0.2) is 0 Å². The van der Waals surface area contributed by atoms with E-state index in [0.717, 1.165) is 11.1 Å². The first kappa shape index (κ1) is 20.2. The molecule has 1 aromatic carbocycles. The van der Waals surface area contributed by atoms with Crippen LogP contribution in [0.1, 0.15) is 51.2 Å². The van der Waals surface area contributed by atoms with Gasteiger partial charge in [0.25, 0.3) is 0 Å². The fourth-order valence-corrected chi connectivity index (χ4v) is 3.26. The molecule has 0 aromatic heterocycles. The van der Waals surface area contributed by atoms with Gasteiger partial charge in [-0.05, 0) is 45.2 Å². The Morgan fingerprint density at radius 1 is 1.31 bits per heavy atom. The Morgan fingerprint density at radius 3 is 2.65 bits per heavy atom. The summed E-state index contributed by atoms with van der Waals surface area (Å²) in [6.07, 6.45) is 0.204. The van der Waals surface area contributed by atoms with Gasteiger partial charge in [-0.3, -0.25) is 4.79 Å². The van der Waals surface area contributed by atoms with Gasteiger partial charge < -0.3 is 20.1 Å². The summed E-state index contributed by atoms with van der Waals surface area (Å²) in [4.78, 5) is 26.6. The average molecular weight is 362 g/mol. The van der Waals surface area contributed by atoms with Gasteiger partial charge in [0.1, 0.15) is 5.60 Å². The molecule has 0 spiro atoms. The van der Waals surface area contributed by atoms with E-state index in [0.29, 0.717) is 32.7 Å². The first-order chi connectivity index (χ1) is 12.2. The molecule has 0 saturated carbocycles. The number of nitrogens with zero attached hydrogens (tertiary/aromatic N) is 1. The average Bonchev–Trinajstić information content (AvgIpc) is 2.60. The molecule has 0 bridgehead atoms. The van der Waals surface area contributed by atoms with Crippen molar-refractivity contribution >= 4 is 12.1 Å². The van der Waals surface area contributed by atoms with Crippen molar-refractivity contribution in [3.8, 4) is 0 Å². The lowest BCUT2D eigenvalue weighted by molar-refractivity contribution is -0.150. The largest absolute Gasteiger partial charge is 0.466 e. The van der Waals surface area contributed by atoms with Gasteiger partial charge in [0.05, 0.1) is 12.5 Å². The Hall–Kier alpha value is -2.08. The third kappa shape index (κ3) is 5.21. The highest BCUT2D eigenvalue weighted by molar-refractivity contribution is 5.75. The van der Waals surface area contributed by atoms with E-state index in [4.69, 9.17) is 15.2 Å². The summed E-state index contributed by atoms with van der Waals surface area (Å²) < 4.78 is 10.8. The highest BCUT2D eigenvalue weighted by Gasteiger charge is 2.38. The van der Waals surface area contributed by atoms with Crippen molar-refractivity contribution in [2.45, 2.75) is 52.2 Å². The predicted octanol–water partition coefficient (Wildman–Crippen LogP) is 3.05. The molecule has 6 nitrogen and oxygen atoms in total. The molecule has 144 valence electrons. The topological polar surface area (TPSA) is 81.9 Å². The molecule has 1 amide bonds. The quantitative estimate of drug-likeness (QED) is 0.833. The third-order valence-electron chi connectivity index (χ3n) is 4.47. The minimum atomic E-state index is -0.552. The number of nitrogens with two attached hydrogens (primary N) is 1. The molecule has 2 rings (SSSR count). The molecule has 0 radical (unpaired) electrons. The zero-order chi connectivity index (χ0) is 19.3. The second-order valence-electron chi connectivity index (χ2n) is 7.63. The number of benzene rings is 1. The van der Waals surface area contributed by atoms with E-state index in [1.54, 1.807) is 11.8 Å². The van der Waals surface area contributed by atoms with Crippen LogP contribution < -0.4 is 5.73 Å². The van der Waals surface area contributed by atoms with E-state index in [-0.39, 0.29) is 23.9 Å². The smallest absolute Gasteiger partial charge is 0.410 e. The van der Waals surface area contributed by atoms with Crippen LogP contribution in [0.3, 0.4) is 0 Å². The molecule has 26 heavy (non-hydrogen) atoms. The zero-order valence-corrected chi connectivity index (χ0v) is 16.2. The number of carbonyl (C=O) groups is 2. The van der Waals surface area contributed by atoms with E-state index < -0.39 is 5.60 Å². The number of rotatable bonds is 4. The second-order valence-corrected chi connectivity index (χ2v) is 7.63. The maximum Gasteiger partial charge on any atom is 0.410 e. The molecule has 1 saturated heterocycles. The van der Waals surface area contributed by atoms with Crippen LogP contribution in [0.25, 0.3) is 0 Å². The van der Waals surface area contributed by atoms with E-state index in [9.17, 15) is 9.59 Å². The Kier molecular flexibility index (Phi) is 6.64. The van der Waals surface area contributed by atoms with Crippen LogP contribution in [0.15, 0.2) is 24.3 Å². The Morgan fingerprint density at radius 2 is 2.04 bits per heavy atom. The summed E-state index contributed by atoms with van der Waals surface area (Å²) in [6, 6.07) is 7.88. The molecule has 1 heterocycles. The predicted molar refractivity (Wildman–Crippen MR) is 99.6 cm³/mol. The summed E-state index contributed by atoms with van der Waals surface area (Å²) >= 11 is 0. The van der Waals surface area contributed by atoms with Crippen LogP contribution in [0.2, 0.25) is 0 Å². The van der Waals surface area contributed by atoms with Crippen LogP contribution in [0.4, 0.5) is 4.79 Å². The minimum absolute atomic E-state index is 0.137. The molecule has 1 aliphatic heterocycles. The van der Waals surface area contributed by atoms with Gasteiger partial charge >= 0.3 is 12.1 Å². The molecule has 2 atom stereocenters. The van der Waals surface area contributed by atoms with Crippen LogP contribution in [-0.2, 0) is 20.8 Å². The lowest BCUT2D eigenvalue weighted by Gasteiger charge is -2.38. The monoisotopic (exact) mass is 362 g/mol. The molecular formula is C20H30N2O4. The van der Waals surface area contributed by atoms with E-state index in [2.05, 4.69) is 0 Å². The molecule has 1 fully saturated rings. The van der Waals surface area contributed by atoms with E-state index >= 15 is 0 Å². The van der Waals surface area contributed by atoms with E-state index in [1.165, 1.54) is 0 Å². The standard InChI is InChI=1S/C20H30N2O4/c1-5-25-18(23)16-9-10-22(19(24)26-20(2,3)4)13-17(16)15-8-6-7-14(11-15)12-21/h6-8,11,16-17H,5,9-10,12-13,21H2,1-4H3/t16-,17-/m0/s1. The SMILES string of the molecule is CCOC(=O)[C@H]1CCN(C(=O)OC(C)(C)C)C[C@H]1c1cccc(CN)c1. The summed E-state index contributed by atoms with van der Waals surface area (Å²) in [6.45, 7) is 9.02. The number of piperidine rings is 1.